The lowest BCUT2D eigenvalue weighted by Crippen LogP contribution is -2.54. The van der Waals surface area contributed by atoms with E-state index in [4.69, 9.17) is 4.74 Å². The first-order chi connectivity index (χ1) is 10.5. The van der Waals surface area contributed by atoms with Gasteiger partial charge in [0, 0.05) is 13.1 Å². The molecule has 1 heterocycles. The van der Waals surface area contributed by atoms with Crippen molar-refractivity contribution >= 4 is 5.91 Å². The number of hydrogen-bond acceptors (Lipinski definition) is 2. The summed E-state index contributed by atoms with van der Waals surface area (Å²) in [5.41, 5.74) is 0.292. The number of benzene rings is 1. The third kappa shape index (κ3) is 2.76. The number of morpholine rings is 1. The van der Waals surface area contributed by atoms with Gasteiger partial charge in [-0.1, -0.05) is 25.0 Å². The van der Waals surface area contributed by atoms with E-state index in [2.05, 4.69) is 0 Å². The minimum Gasteiger partial charge on any atom is -0.372 e. The van der Waals surface area contributed by atoms with Crippen LogP contribution in [-0.4, -0.2) is 36.1 Å². The van der Waals surface area contributed by atoms with Crippen LogP contribution in [0.5, 0.6) is 0 Å². The van der Waals surface area contributed by atoms with E-state index in [1.165, 1.54) is 12.1 Å². The van der Waals surface area contributed by atoms with Gasteiger partial charge in [0.15, 0.2) is 0 Å². The van der Waals surface area contributed by atoms with Crippen molar-refractivity contribution in [3.8, 4) is 0 Å². The zero-order valence-corrected chi connectivity index (χ0v) is 13.3. The average molecular weight is 305 g/mol. The van der Waals surface area contributed by atoms with Crippen molar-refractivity contribution in [1.82, 2.24) is 4.90 Å². The number of rotatable bonds is 2. The summed E-state index contributed by atoms with van der Waals surface area (Å²) in [6, 6.07) is 6.59. The smallest absolute Gasteiger partial charge is 0.233 e. The molecular weight excluding hydrogens is 281 g/mol. The SMILES string of the molecule is CC1CN(C(=O)C2(c3cccc(F)c3)CCCC2)CC(C)O1. The second-order valence-corrected chi connectivity index (χ2v) is 6.77. The maximum absolute atomic E-state index is 13.7. The van der Waals surface area contributed by atoms with Gasteiger partial charge >= 0.3 is 0 Å². The Kier molecular flexibility index (Phi) is 4.22. The summed E-state index contributed by atoms with van der Waals surface area (Å²) < 4.78 is 19.4. The van der Waals surface area contributed by atoms with Gasteiger partial charge in [0.25, 0.3) is 0 Å². The van der Waals surface area contributed by atoms with Crippen molar-refractivity contribution in [3.63, 3.8) is 0 Å². The molecule has 0 bridgehead atoms. The van der Waals surface area contributed by atoms with Crippen LogP contribution in [0.4, 0.5) is 4.39 Å². The van der Waals surface area contributed by atoms with Crippen LogP contribution in [0.3, 0.4) is 0 Å². The Hall–Kier alpha value is -1.42. The largest absolute Gasteiger partial charge is 0.372 e. The Morgan fingerprint density at radius 3 is 2.45 bits per heavy atom. The van der Waals surface area contributed by atoms with Gasteiger partial charge in [0.2, 0.25) is 5.91 Å². The summed E-state index contributed by atoms with van der Waals surface area (Å²) in [6.45, 7) is 5.25. The molecule has 2 aliphatic rings. The number of ether oxygens (including phenoxy) is 1. The summed E-state index contributed by atoms with van der Waals surface area (Å²) >= 11 is 0. The number of halogens is 1. The molecular formula is C18H24FNO2. The topological polar surface area (TPSA) is 29.5 Å². The summed E-state index contributed by atoms with van der Waals surface area (Å²) in [4.78, 5) is 15.2. The van der Waals surface area contributed by atoms with Gasteiger partial charge in [-0.05, 0) is 44.4 Å². The Morgan fingerprint density at radius 1 is 1.23 bits per heavy atom. The molecule has 3 rings (SSSR count). The Balaban J connectivity index is 1.92. The molecule has 1 amide bonds. The standard InChI is InChI=1S/C18H24FNO2/c1-13-11-20(12-14(2)22-13)17(21)18(8-3-4-9-18)15-6-5-7-16(19)10-15/h5-7,10,13-14H,3-4,8-9,11-12H2,1-2H3. The highest BCUT2D eigenvalue weighted by molar-refractivity contribution is 5.88. The fraction of sp³-hybridized carbons (Fsp3) is 0.611. The molecule has 1 aromatic carbocycles. The minimum absolute atomic E-state index is 0.0543. The molecule has 1 saturated carbocycles. The maximum atomic E-state index is 13.7. The van der Waals surface area contributed by atoms with E-state index in [1.807, 2.05) is 24.8 Å². The van der Waals surface area contributed by atoms with E-state index in [0.717, 1.165) is 31.2 Å². The van der Waals surface area contributed by atoms with Crippen molar-refractivity contribution in [2.45, 2.75) is 57.2 Å². The van der Waals surface area contributed by atoms with Gasteiger partial charge in [-0.15, -0.1) is 0 Å². The van der Waals surface area contributed by atoms with Gasteiger partial charge in [0.1, 0.15) is 5.82 Å². The molecule has 1 aromatic rings. The lowest BCUT2D eigenvalue weighted by Gasteiger charge is -2.40. The summed E-state index contributed by atoms with van der Waals surface area (Å²) in [6.07, 6.45) is 3.79. The minimum atomic E-state index is -0.543. The van der Waals surface area contributed by atoms with E-state index in [9.17, 15) is 9.18 Å². The zero-order chi connectivity index (χ0) is 15.7. The number of hydrogen-bond donors (Lipinski definition) is 0. The first-order valence-electron chi connectivity index (χ1n) is 8.22. The fourth-order valence-corrected chi connectivity index (χ4v) is 4.04. The first-order valence-corrected chi connectivity index (χ1v) is 8.22. The maximum Gasteiger partial charge on any atom is 0.233 e. The zero-order valence-electron chi connectivity index (χ0n) is 13.3. The second-order valence-electron chi connectivity index (χ2n) is 6.77. The quantitative estimate of drug-likeness (QED) is 0.839. The van der Waals surface area contributed by atoms with Gasteiger partial charge in [-0.2, -0.15) is 0 Å². The van der Waals surface area contributed by atoms with Crippen LogP contribution >= 0.6 is 0 Å². The van der Waals surface area contributed by atoms with Crippen LogP contribution in [0.25, 0.3) is 0 Å². The summed E-state index contributed by atoms with van der Waals surface area (Å²) in [5, 5.41) is 0. The summed E-state index contributed by atoms with van der Waals surface area (Å²) in [7, 11) is 0. The Labute approximate surface area is 131 Å². The highest BCUT2D eigenvalue weighted by Crippen LogP contribution is 2.43. The number of amides is 1. The number of nitrogens with zero attached hydrogens (tertiary/aromatic N) is 1. The predicted octanol–water partition coefficient (Wildman–Crippen LogP) is 3.27. The molecule has 3 nitrogen and oxygen atoms in total. The van der Waals surface area contributed by atoms with Crippen molar-refractivity contribution < 1.29 is 13.9 Å². The van der Waals surface area contributed by atoms with Gasteiger partial charge in [-0.3, -0.25) is 4.79 Å². The lowest BCUT2D eigenvalue weighted by atomic mass is 9.77. The fourth-order valence-electron chi connectivity index (χ4n) is 4.04. The molecule has 2 fully saturated rings. The summed E-state index contributed by atoms with van der Waals surface area (Å²) in [5.74, 6) is -0.113. The monoisotopic (exact) mass is 305 g/mol. The molecule has 22 heavy (non-hydrogen) atoms. The Morgan fingerprint density at radius 2 is 1.86 bits per heavy atom. The molecule has 1 saturated heterocycles. The van der Waals surface area contributed by atoms with E-state index in [1.54, 1.807) is 6.07 Å². The molecule has 2 atom stereocenters. The van der Waals surface area contributed by atoms with E-state index < -0.39 is 5.41 Å². The van der Waals surface area contributed by atoms with Crippen LogP contribution in [0.15, 0.2) is 24.3 Å². The predicted molar refractivity (Wildman–Crippen MR) is 83.1 cm³/mol. The normalized spacial score (nSPS) is 27.9. The molecule has 0 N–H and O–H groups in total. The number of carbonyl (C=O) groups excluding carboxylic acids is 1. The molecule has 1 aliphatic carbocycles. The highest BCUT2D eigenvalue weighted by Gasteiger charge is 2.46. The Bertz CT molecular complexity index is 544. The van der Waals surface area contributed by atoms with Crippen molar-refractivity contribution in [2.24, 2.45) is 0 Å². The van der Waals surface area contributed by atoms with E-state index >= 15 is 0 Å². The van der Waals surface area contributed by atoms with E-state index in [-0.39, 0.29) is 23.9 Å². The van der Waals surface area contributed by atoms with Gasteiger partial charge < -0.3 is 9.64 Å². The van der Waals surface area contributed by atoms with E-state index in [0.29, 0.717) is 13.1 Å². The molecule has 1 aliphatic heterocycles. The molecule has 120 valence electrons. The molecule has 0 spiro atoms. The molecule has 2 unspecified atom stereocenters. The number of carbonyl (C=O) groups is 1. The highest BCUT2D eigenvalue weighted by atomic mass is 19.1. The first kappa shape index (κ1) is 15.5. The average Bonchev–Trinajstić information content (AvgIpc) is 2.96. The molecule has 0 radical (unpaired) electrons. The van der Waals surface area contributed by atoms with Crippen LogP contribution in [-0.2, 0) is 14.9 Å². The van der Waals surface area contributed by atoms with Crippen LogP contribution < -0.4 is 0 Å². The van der Waals surface area contributed by atoms with Crippen LogP contribution in [0.1, 0.15) is 45.1 Å². The van der Waals surface area contributed by atoms with Gasteiger partial charge in [0.05, 0.1) is 17.6 Å². The van der Waals surface area contributed by atoms with Crippen LogP contribution in [0.2, 0.25) is 0 Å². The van der Waals surface area contributed by atoms with Crippen molar-refractivity contribution in [3.05, 3.63) is 35.6 Å². The van der Waals surface area contributed by atoms with Crippen molar-refractivity contribution in [1.29, 1.82) is 0 Å². The van der Waals surface area contributed by atoms with Crippen LogP contribution in [0, 0.1) is 5.82 Å². The van der Waals surface area contributed by atoms with Gasteiger partial charge in [-0.25, -0.2) is 4.39 Å². The van der Waals surface area contributed by atoms with Crippen molar-refractivity contribution in [2.75, 3.05) is 13.1 Å². The lowest BCUT2D eigenvalue weighted by molar-refractivity contribution is -0.149. The molecule has 4 heteroatoms. The third-order valence-corrected chi connectivity index (χ3v) is 4.95. The molecule has 0 aromatic heterocycles. The third-order valence-electron chi connectivity index (χ3n) is 4.95. The second kappa shape index (κ2) is 5.99.